The molecule has 0 bridgehead atoms. The molecular weight excluding hydrogens is 213 g/mol. The molecule has 0 radical (unpaired) electrons. The second kappa shape index (κ2) is 6.00. The topological polar surface area (TPSA) is 38.5 Å². The van der Waals surface area contributed by atoms with E-state index in [1.54, 1.807) is 0 Å². The Kier molecular flexibility index (Phi) is 5.27. The monoisotopic (exact) mass is 235 g/mol. The molecule has 0 N–H and O–H groups in total. The lowest BCUT2D eigenvalue weighted by molar-refractivity contribution is 0.194. The van der Waals surface area contributed by atoms with E-state index in [-0.39, 0.29) is 0 Å². The van der Waals surface area contributed by atoms with Gasteiger partial charge in [0.1, 0.15) is 0 Å². The quantitative estimate of drug-likeness (QED) is 0.479. The standard InChI is InChI=1S/C10H22NO3P/c1-4-7-8-10-9-11(10)15(12,13-5-2)14-6-3/h10H,4-9H2,1-3H3. The van der Waals surface area contributed by atoms with E-state index in [2.05, 4.69) is 6.92 Å². The van der Waals surface area contributed by atoms with E-state index in [9.17, 15) is 4.57 Å². The minimum atomic E-state index is -2.94. The van der Waals surface area contributed by atoms with Gasteiger partial charge in [-0.2, -0.15) is 0 Å². The van der Waals surface area contributed by atoms with Gasteiger partial charge in [-0.25, -0.2) is 9.24 Å². The summed E-state index contributed by atoms with van der Waals surface area (Å²) in [5, 5.41) is 0. The fourth-order valence-electron chi connectivity index (χ4n) is 1.66. The molecule has 2 unspecified atom stereocenters. The van der Waals surface area contributed by atoms with Crippen molar-refractivity contribution >= 4 is 7.75 Å². The summed E-state index contributed by atoms with van der Waals surface area (Å²) in [6, 6.07) is 0.411. The highest BCUT2D eigenvalue weighted by Gasteiger charge is 2.48. The molecule has 1 aliphatic rings. The van der Waals surface area contributed by atoms with Crippen molar-refractivity contribution in [1.82, 2.24) is 4.67 Å². The molecule has 15 heavy (non-hydrogen) atoms. The van der Waals surface area contributed by atoms with Gasteiger partial charge in [-0.3, -0.25) is 9.05 Å². The molecule has 90 valence electrons. The third kappa shape index (κ3) is 3.56. The van der Waals surface area contributed by atoms with Crippen LogP contribution in [0.15, 0.2) is 0 Å². The molecule has 4 nitrogen and oxygen atoms in total. The third-order valence-corrected chi connectivity index (χ3v) is 4.76. The van der Waals surface area contributed by atoms with Crippen LogP contribution in [0.25, 0.3) is 0 Å². The fourth-order valence-corrected chi connectivity index (χ4v) is 3.59. The van der Waals surface area contributed by atoms with E-state index in [0.29, 0.717) is 19.3 Å². The molecule has 1 saturated heterocycles. The molecule has 0 amide bonds. The van der Waals surface area contributed by atoms with Crippen molar-refractivity contribution in [3.63, 3.8) is 0 Å². The lowest BCUT2D eigenvalue weighted by Gasteiger charge is -2.18. The van der Waals surface area contributed by atoms with Crippen LogP contribution in [0.4, 0.5) is 0 Å². The van der Waals surface area contributed by atoms with E-state index in [1.807, 2.05) is 18.5 Å². The van der Waals surface area contributed by atoms with Crippen LogP contribution in [-0.4, -0.2) is 30.5 Å². The number of rotatable bonds is 8. The van der Waals surface area contributed by atoms with Crippen LogP contribution < -0.4 is 0 Å². The summed E-state index contributed by atoms with van der Waals surface area (Å²) >= 11 is 0. The van der Waals surface area contributed by atoms with Gasteiger partial charge < -0.3 is 0 Å². The second-order valence-corrected chi connectivity index (χ2v) is 5.69. The molecule has 0 aromatic rings. The molecule has 1 aliphatic heterocycles. The zero-order valence-electron chi connectivity index (χ0n) is 9.94. The van der Waals surface area contributed by atoms with Gasteiger partial charge in [-0.1, -0.05) is 19.8 Å². The van der Waals surface area contributed by atoms with Crippen LogP contribution >= 0.6 is 7.75 Å². The largest absolute Gasteiger partial charge is 0.408 e. The Labute approximate surface area is 92.5 Å². The molecule has 1 rings (SSSR count). The van der Waals surface area contributed by atoms with Crippen LogP contribution in [0.3, 0.4) is 0 Å². The Morgan fingerprint density at radius 1 is 1.27 bits per heavy atom. The van der Waals surface area contributed by atoms with Crippen molar-refractivity contribution in [2.45, 2.75) is 46.1 Å². The first-order chi connectivity index (χ1) is 7.18. The summed E-state index contributed by atoms with van der Waals surface area (Å²) in [7, 11) is -2.94. The molecule has 0 spiro atoms. The molecule has 1 fully saturated rings. The number of hydrogen-bond donors (Lipinski definition) is 0. The average Bonchev–Trinajstić information content (AvgIpc) is 2.95. The summed E-state index contributed by atoms with van der Waals surface area (Å²) in [5.74, 6) is 0. The molecule has 0 aliphatic carbocycles. The smallest absolute Gasteiger partial charge is 0.297 e. The fraction of sp³-hybridized carbons (Fsp3) is 1.00. The molecule has 0 saturated carbocycles. The maximum absolute atomic E-state index is 12.2. The molecule has 1 heterocycles. The van der Waals surface area contributed by atoms with Gasteiger partial charge in [0.2, 0.25) is 0 Å². The van der Waals surface area contributed by atoms with Crippen molar-refractivity contribution < 1.29 is 13.6 Å². The summed E-state index contributed by atoms with van der Waals surface area (Å²) in [6.07, 6.45) is 3.46. The van der Waals surface area contributed by atoms with Crippen LogP contribution in [0.5, 0.6) is 0 Å². The van der Waals surface area contributed by atoms with Crippen LogP contribution in [0.2, 0.25) is 0 Å². The zero-order chi connectivity index (χ0) is 11.3. The summed E-state index contributed by atoms with van der Waals surface area (Å²) in [6.45, 7) is 7.59. The Bertz CT molecular complexity index is 225. The average molecular weight is 235 g/mol. The minimum Gasteiger partial charge on any atom is -0.297 e. The van der Waals surface area contributed by atoms with Gasteiger partial charge in [-0.15, -0.1) is 0 Å². The summed E-state index contributed by atoms with van der Waals surface area (Å²) < 4.78 is 24.6. The Hall–Kier alpha value is 0.110. The van der Waals surface area contributed by atoms with Crippen molar-refractivity contribution in [3.8, 4) is 0 Å². The van der Waals surface area contributed by atoms with Gasteiger partial charge >= 0.3 is 7.75 Å². The number of unbranched alkanes of at least 4 members (excludes halogenated alkanes) is 1. The van der Waals surface area contributed by atoms with E-state index in [0.717, 1.165) is 13.0 Å². The predicted octanol–water partition coefficient (Wildman–Crippen LogP) is 3.04. The van der Waals surface area contributed by atoms with Crippen molar-refractivity contribution in [2.75, 3.05) is 19.8 Å². The summed E-state index contributed by atoms with van der Waals surface area (Å²) in [5.41, 5.74) is 0. The van der Waals surface area contributed by atoms with Gasteiger partial charge in [0.25, 0.3) is 0 Å². The Morgan fingerprint density at radius 2 is 1.87 bits per heavy atom. The van der Waals surface area contributed by atoms with Gasteiger partial charge in [0, 0.05) is 12.6 Å². The van der Waals surface area contributed by atoms with Crippen LogP contribution in [0, 0.1) is 0 Å². The molecule has 5 heteroatoms. The molecule has 0 aromatic carbocycles. The Balaban J connectivity index is 2.42. The number of hydrogen-bond acceptors (Lipinski definition) is 3. The van der Waals surface area contributed by atoms with E-state index in [1.165, 1.54) is 12.8 Å². The molecule has 2 atom stereocenters. The highest BCUT2D eigenvalue weighted by molar-refractivity contribution is 7.51. The highest BCUT2D eigenvalue weighted by atomic mass is 31.2. The molecule has 0 aromatic heterocycles. The normalized spacial score (nSPS) is 25.5. The van der Waals surface area contributed by atoms with Crippen molar-refractivity contribution in [1.29, 1.82) is 0 Å². The molecular formula is C10H22NO3P. The first-order valence-electron chi connectivity index (χ1n) is 5.84. The first kappa shape index (κ1) is 13.2. The second-order valence-electron chi connectivity index (χ2n) is 3.72. The van der Waals surface area contributed by atoms with Crippen LogP contribution in [0.1, 0.15) is 40.0 Å². The van der Waals surface area contributed by atoms with E-state index < -0.39 is 7.75 Å². The van der Waals surface area contributed by atoms with Gasteiger partial charge in [0.05, 0.1) is 13.2 Å². The van der Waals surface area contributed by atoms with E-state index >= 15 is 0 Å². The van der Waals surface area contributed by atoms with Gasteiger partial charge in [0.15, 0.2) is 0 Å². The Morgan fingerprint density at radius 3 is 2.33 bits per heavy atom. The highest BCUT2D eigenvalue weighted by Crippen LogP contribution is 2.59. The summed E-state index contributed by atoms with van der Waals surface area (Å²) in [4.78, 5) is 0. The van der Waals surface area contributed by atoms with E-state index in [4.69, 9.17) is 9.05 Å². The lowest BCUT2D eigenvalue weighted by atomic mass is 10.2. The first-order valence-corrected chi connectivity index (χ1v) is 7.33. The van der Waals surface area contributed by atoms with Crippen molar-refractivity contribution in [2.24, 2.45) is 0 Å². The minimum absolute atomic E-state index is 0.411. The zero-order valence-corrected chi connectivity index (χ0v) is 10.8. The predicted molar refractivity (Wildman–Crippen MR) is 60.9 cm³/mol. The maximum atomic E-state index is 12.2. The van der Waals surface area contributed by atoms with Gasteiger partial charge in [-0.05, 0) is 20.3 Å². The van der Waals surface area contributed by atoms with Crippen LogP contribution in [-0.2, 0) is 13.6 Å². The number of nitrogens with zero attached hydrogens (tertiary/aromatic N) is 1. The lowest BCUT2D eigenvalue weighted by Crippen LogP contribution is -2.06. The third-order valence-electron chi connectivity index (χ3n) is 2.48. The van der Waals surface area contributed by atoms with Crippen molar-refractivity contribution in [3.05, 3.63) is 0 Å². The maximum Gasteiger partial charge on any atom is 0.408 e. The SMILES string of the molecule is CCCCC1CN1P(=O)(OCC)OCC.